The molecule has 0 saturated heterocycles. The standard InChI is InChI=1S/C20H18N4O2S/c1-25-8-4-7-23-19-13(10-21)17(18-14(22)11-27-20(18)24-19)16-9-12-5-2-3-6-15(12)26-16/h2-3,5-6,9,11H,4,7-8,22H2,1H3,(H,23,24). The lowest BCUT2D eigenvalue weighted by Gasteiger charge is -2.11. The van der Waals surface area contributed by atoms with E-state index in [4.69, 9.17) is 14.9 Å². The number of para-hydroxylation sites is 1. The molecule has 6 nitrogen and oxygen atoms in total. The number of rotatable bonds is 6. The zero-order chi connectivity index (χ0) is 18.8. The number of fused-ring (bicyclic) bond motifs is 2. The van der Waals surface area contributed by atoms with Crippen molar-refractivity contribution in [3.05, 3.63) is 41.3 Å². The molecule has 136 valence electrons. The van der Waals surface area contributed by atoms with Gasteiger partial charge < -0.3 is 20.2 Å². The van der Waals surface area contributed by atoms with Crippen LogP contribution in [0.5, 0.6) is 0 Å². The molecular weight excluding hydrogens is 360 g/mol. The second kappa shape index (κ2) is 7.27. The molecule has 0 unspecified atom stereocenters. The van der Waals surface area contributed by atoms with Crippen LogP contribution < -0.4 is 11.1 Å². The molecule has 4 aromatic rings. The number of nitrogens with one attached hydrogen (secondary N) is 1. The summed E-state index contributed by atoms with van der Waals surface area (Å²) in [7, 11) is 1.67. The lowest BCUT2D eigenvalue weighted by atomic mass is 10.0. The molecule has 0 aliphatic rings. The van der Waals surface area contributed by atoms with Crippen LogP contribution in [0.1, 0.15) is 12.0 Å². The molecule has 4 rings (SSSR count). The van der Waals surface area contributed by atoms with Gasteiger partial charge in [-0.05, 0) is 18.6 Å². The van der Waals surface area contributed by atoms with Gasteiger partial charge in [0.15, 0.2) is 0 Å². The number of thiophene rings is 1. The Bertz CT molecular complexity index is 1120. The minimum atomic E-state index is 0.434. The largest absolute Gasteiger partial charge is 0.456 e. The predicted octanol–water partition coefficient (Wildman–Crippen LogP) is 4.61. The summed E-state index contributed by atoms with van der Waals surface area (Å²) in [5.74, 6) is 1.16. The minimum Gasteiger partial charge on any atom is -0.456 e. The normalized spacial score (nSPS) is 11.1. The van der Waals surface area contributed by atoms with E-state index in [-0.39, 0.29) is 0 Å². The summed E-state index contributed by atoms with van der Waals surface area (Å²) in [6.07, 6.45) is 0.813. The number of nitrogens with two attached hydrogens (primary N) is 1. The molecule has 7 heteroatoms. The van der Waals surface area contributed by atoms with Crippen LogP contribution in [-0.4, -0.2) is 25.2 Å². The highest BCUT2D eigenvalue weighted by Crippen LogP contribution is 2.42. The number of hydrogen-bond acceptors (Lipinski definition) is 7. The van der Waals surface area contributed by atoms with Crippen molar-refractivity contribution in [3.63, 3.8) is 0 Å². The van der Waals surface area contributed by atoms with Crippen LogP contribution >= 0.6 is 11.3 Å². The van der Waals surface area contributed by atoms with Crippen LogP contribution in [0.4, 0.5) is 11.5 Å². The van der Waals surface area contributed by atoms with Crippen LogP contribution in [-0.2, 0) is 4.74 Å². The molecule has 27 heavy (non-hydrogen) atoms. The number of pyridine rings is 1. The maximum Gasteiger partial charge on any atom is 0.146 e. The van der Waals surface area contributed by atoms with E-state index in [1.54, 1.807) is 7.11 Å². The zero-order valence-electron chi connectivity index (χ0n) is 14.8. The van der Waals surface area contributed by atoms with Gasteiger partial charge in [0, 0.05) is 36.4 Å². The van der Waals surface area contributed by atoms with Crippen molar-refractivity contribution in [3.8, 4) is 17.4 Å². The van der Waals surface area contributed by atoms with E-state index in [1.165, 1.54) is 11.3 Å². The van der Waals surface area contributed by atoms with Crippen LogP contribution in [0.2, 0.25) is 0 Å². The molecule has 0 amide bonds. The second-order valence-electron chi connectivity index (χ2n) is 6.12. The van der Waals surface area contributed by atoms with E-state index in [0.29, 0.717) is 41.5 Å². The SMILES string of the molecule is COCCCNc1nc2scc(N)c2c(-c2cc3ccccc3o2)c1C#N. The third-order valence-electron chi connectivity index (χ3n) is 4.35. The average Bonchev–Trinajstić information content (AvgIpc) is 3.27. The van der Waals surface area contributed by atoms with Gasteiger partial charge in [0.2, 0.25) is 0 Å². The van der Waals surface area contributed by atoms with E-state index in [0.717, 1.165) is 27.6 Å². The van der Waals surface area contributed by atoms with Gasteiger partial charge >= 0.3 is 0 Å². The highest BCUT2D eigenvalue weighted by Gasteiger charge is 2.22. The molecule has 0 fully saturated rings. The lowest BCUT2D eigenvalue weighted by molar-refractivity contribution is 0.198. The molecule has 0 saturated carbocycles. The molecule has 0 atom stereocenters. The monoisotopic (exact) mass is 378 g/mol. The topological polar surface area (TPSA) is 97.1 Å². The number of methoxy groups -OCH3 is 1. The van der Waals surface area contributed by atoms with Gasteiger partial charge in [-0.25, -0.2) is 4.98 Å². The molecule has 0 spiro atoms. The van der Waals surface area contributed by atoms with Crippen LogP contribution in [0.3, 0.4) is 0 Å². The fourth-order valence-electron chi connectivity index (χ4n) is 3.11. The summed E-state index contributed by atoms with van der Waals surface area (Å²) in [5.41, 5.74) is 8.69. The first-order chi connectivity index (χ1) is 13.2. The van der Waals surface area contributed by atoms with Crippen molar-refractivity contribution in [2.24, 2.45) is 0 Å². The van der Waals surface area contributed by atoms with Crippen molar-refractivity contribution in [1.82, 2.24) is 4.98 Å². The summed E-state index contributed by atoms with van der Waals surface area (Å²) in [6.45, 7) is 1.29. The number of nitrogens with zero attached hydrogens (tertiary/aromatic N) is 2. The second-order valence-corrected chi connectivity index (χ2v) is 6.97. The highest BCUT2D eigenvalue weighted by molar-refractivity contribution is 7.17. The Labute approximate surface area is 160 Å². The third-order valence-corrected chi connectivity index (χ3v) is 5.24. The first-order valence-corrected chi connectivity index (χ1v) is 9.43. The number of anilines is 2. The minimum absolute atomic E-state index is 0.434. The van der Waals surface area contributed by atoms with Crippen molar-refractivity contribution in [2.45, 2.75) is 6.42 Å². The van der Waals surface area contributed by atoms with Crippen molar-refractivity contribution in [2.75, 3.05) is 31.3 Å². The van der Waals surface area contributed by atoms with Gasteiger partial charge in [0.25, 0.3) is 0 Å². The zero-order valence-corrected chi connectivity index (χ0v) is 15.6. The van der Waals surface area contributed by atoms with Gasteiger partial charge in [-0.2, -0.15) is 5.26 Å². The Balaban J connectivity index is 1.91. The first-order valence-electron chi connectivity index (χ1n) is 8.55. The smallest absolute Gasteiger partial charge is 0.146 e. The van der Waals surface area contributed by atoms with E-state index < -0.39 is 0 Å². The number of furan rings is 1. The maximum absolute atomic E-state index is 9.89. The number of ether oxygens (including phenoxy) is 1. The van der Waals surface area contributed by atoms with Gasteiger partial charge in [-0.15, -0.1) is 11.3 Å². The van der Waals surface area contributed by atoms with Crippen LogP contribution in [0.25, 0.3) is 32.5 Å². The lowest BCUT2D eigenvalue weighted by Crippen LogP contribution is -2.08. The Morgan fingerprint density at radius 1 is 1.37 bits per heavy atom. The molecular formula is C20H18N4O2S. The Morgan fingerprint density at radius 2 is 2.22 bits per heavy atom. The number of nitriles is 1. The summed E-state index contributed by atoms with van der Waals surface area (Å²) in [4.78, 5) is 5.40. The van der Waals surface area contributed by atoms with Crippen molar-refractivity contribution >= 4 is 44.0 Å². The van der Waals surface area contributed by atoms with Crippen molar-refractivity contribution < 1.29 is 9.15 Å². The maximum atomic E-state index is 9.89. The molecule has 0 radical (unpaired) electrons. The molecule has 0 bridgehead atoms. The molecule has 3 aromatic heterocycles. The average molecular weight is 378 g/mol. The summed E-state index contributed by atoms with van der Waals surface area (Å²) in [6, 6.07) is 12.0. The van der Waals surface area contributed by atoms with Crippen LogP contribution in [0.15, 0.2) is 40.1 Å². The Hall–Kier alpha value is -3.08. The number of benzene rings is 1. The molecule has 0 aliphatic heterocycles. The fourth-order valence-corrected chi connectivity index (χ4v) is 3.94. The highest BCUT2D eigenvalue weighted by atomic mass is 32.1. The summed E-state index contributed by atoms with van der Waals surface area (Å²) < 4.78 is 11.1. The van der Waals surface area contributed by atoms with E-state index >= 15 is 0 Å². The fraction of sp³-hybridized carbons (Fsp3) is 0.200. The van der Waals surface area contributed by atoms with Gasteiger partial charge in [0.05, 0.1) is 11.3 Å². The Morgan fingerprint density at radius 3 is 3.00 bits per heavy atom. The molecule has 1 aromatic carbocycles. The molecule has 3 N–H and O–H groups in total. The van der Waals surface area contributed by atoms with E-state index in [9.17, 15) is 5.26 Å². The van der Waals surface area contributed by atoms with Crippen molar-refractivity contribution in [1.29, 1.82) is 5.26 Å². The number of hydrogen-bond donors (Lipinski definition) is 2. The number of nitrogen functional groups attached to an aromatic ring is 1. The summed E-state index contributed by atoms with van der Waals surface area (Å²) in [5, 5.41) is 16.7. The van der Waals surface area contributed by atoms with Gasteiger partial charge in [0.1, 0.15) is 33.6 Å². The molecule has 3 heterocycles. The third kappa shape index (κ3) is 3.10. The summed E-state index contributed by atoms with van der Waals surface area (Å²) >= 11 is 1.45. The Kier molecular flexibility index (Phi) is 4.67. The first kappa shape index (κ1) is 17.3. The number of aromatic nitrogens is 1. The van der Waals surface area contributed by atoms with E-state index in [2.05, 4.69) is 16.4 Å². The van der Waals surface area contributed by atoms with Gasteiger partial charge in [-0.1, -0.05) is 18.2 Å². The van der Waals surface area contributed by atoms with Gasteiger partial charge in [-0.3, -0.25) is 0 Å². The van der Waals surface area contributed by atoms with Crippen LogP contribution in [0, 0.1) is 11.3 Å². The quantitative estimate of drug-likeness (QED) is 0.476. The van der Waals surface area contributed by atoms with E-state index in [1.807, 2.05) is 35.7 Å². The molecule has 0 aliphatic carbocycles. The predicted molar refractivity (Wildman–Crippen MR) is 109 cm³/mol.